The smallest absolute Gasteiger partial charge is 0.228 e. The lowest BCUT2D eigenvalue weighted by Gasteiger charge is -2.32. The predicted molar refractivity (Wildman–Crippen MR) is 68.5 cm³/mol. The van der Waals surface area contributed by atoms with E-state index in [1.54, 1.807) is 12.2 Å². The van der Waals surface area contributed by atoms with Crippen molar-refractivity contribution in [2.45, 2.75) is 32.2 Å². The SMILES string of the molecule is CCC(N)(CC)C1C=CC([NH+]([O-])O)=C([NH+]([O-])O)C=C1. The first-order valence-electron chi connectivity index (χ1n) is 6.21. The minimum Gasteiger partial charge on any atom is -0.595 e. The summed E-state index contributed by atoms with van der Waals surface area (Å²) in [5.41, 5.74) is 5.33. The molecule has 0 saturated heterocycles. The average Bonchev–Trinajstić information content (AvgIpc) is 2.60. The van der Waals surface area contributed by atoms with Gasteiger partial charge in [-0.15, -0.1) is 0 Å². The quantitative estimate of drug-likeness (QED) is 0.411. The van der Waals surface area contributed by atoms with Crippen molar-refractivity contribution in [2.75, 3.05) is 0 Å². The number of nitrogens with two attached hydrogens (primary N) is 1. The highest BCUT2D eigenvalue weighted by Crippen LogP contribution is 2.27. The number of rotatable bonds is 5. The molecule has 0 fully saturated rings. The molecule has 6 N–H and O–H groups in total. The molecule has 1 rings (SSSR count). The van der Waals surface area contributed by atoms with Gasteiger partial charge in [-0.05, 0) is 12.8 Å². The van der Waals surface area contributed by atoms with Gasteiger partial charge in [0.05, 0.1) is 0 Å². The van der Waals surface area contributed by atoms with Crippen molar-refractivity contribution in [3.63, 3.8) is 0 Å². The molecule has 1 aliphatic rings. The van der Waals surface area contributed by atoms with Gasteiger partial charge in [0, 0.05) is 23.6 Å². The monoisotopic (exact) mass is 271 g/mol. The van der Waals surface area contributed by atoms with Crippen LogP contribution in [0.5, 0.6) is 0 Å². The van der Waals surface area contributed by atoms with Crippen molar-refractivity contribution in [2.24, 2.45) is 11.7 Å². The Balaban J connectivity index is 3.15. The van der Waals surface area contributed by atoms with Crippen molar-refractivity contribution in [1.82, 2.24) is 0 Å². The minimum absolute atomic E-state index is 0.186. The summed E-state index contributed by atoms with van der Waals surface area (Å²) >= 11 is 0. The highest BCUT2D eigenvalue weighted by Gasteiger charge is 2.30. The second-order valence-electron chi connectivity index (χ2n) is 4.62. The molecule has 0 aromatic carbocycles. The molecule has 7 nitrogen and oxygen atoms in total. The highest BCUT2D eigenvalue weighted by molar-refractivity contribution is 5.30. The Bertz CT molecular complexity index is 370. The molecule has 0 amide bonds. The lowest BCUT2D eigenvalue weighted by molar-refractivity contribution is -1.04. The van der Waals surface area contributed by atoms with E-state index in [0.29, 0.717) is 12.8 Å². The molecule has 7 heteroatoms. The average molecular weight is 271 g/mol. The van der Waals surface area contributed by atoms with E-state index in [-0.39, 0.29) is 17.3 Å². The summed E-state index contributed by atoms with van der Waals surface area (Å²) in [5.74, 6) is -0.186. The van der Waals surface area contributed by atoms with Gasteiger partial charge >= 0.3 is 0 Å². The van der Waals surface area contributed by atoms with Crippen LogP contribution in [0.1, 0.15) is 26.7 Å². The van der Waals surface area contributed by atoms with Crippen molar-refractivity contribution in [3.8, 4) is 0 Å². The summed E-state index contributed by atoms with van der Waals surface area (Å²) in [6.45, 7) is 3.92. The van der Waals surface area contributed by atoms with E-state index in [4.69, 9.17) is 16.1 Å². The van der Waals surface area contributed by atoms with Crippen LogP contribution in [0.25, 0.3) is 0 Å². The first-order valence-corrected chi connectivity index (χ1v) is 6.21. The fourth-order valence-electron chi connectivity index (χ4n) is 2.12. The van der Waals surface area contributed by atoms with Gasteiger partial charge in [0.1, 0.15) is 0 Å². The van der Waals surface area contributed by atoms with Crippen LogP contribution in [-0.4, -0.2) is 16.0 Å². The zero-order valence-corrected chi connectivity index (χ0v) is 11.1. The summed E-state index contributed by atoms with van der Waals surface area (Å²) in [6, 6.07) is 0. The van der Waals surface area contributed by atoms with Gasteiger partial charge in [-0.3, -0.25) is 0 Å². The summed E-state index contributed by atoms with van der Waals surface area (Å²) in [5, 5.41) is 37.7. The standard InChI is InChI=1S/C12H21N3O4/c1-3-12(13,4-2)9-5-7-10(14(16)17)11(8-6-9)15(18)19/h5-9,14-16,18H,3-4,13H2,1-2H3. The summed E-state index contributed by atoms with van der Waals surface area (Å²) < 4.78 is 0. The van der Waals surface area contributed by atoms with Crippen LogP contribution >= 0.6 is 0 Å². The van der Waals surface area contributed by atoms with E-state index < -0.39 is 16.0 Å². The van der Waals surface area contributed by atoms with Gasteiger partial charge in [-0.1, -0.05) is 26.0 Å². The third-order valence-corrected chi connectivity index (χ3v) is 3.67. The Morgan fingerprint density at radius 1 is 1.11 bits per heavy atom. The first kappa shape index (κ1) is 16.0. The molecule has 0 spiro atoms. The maximum atomic E-state index is 11.1. The van der Waals surface area contributed by atoms with Crippen molar-refractivity contribution < 1.29 is 20.9 Å². The summed E-state index contributed by atoms with van der Waals surface area (Å²) in [7, 11) is 0. The lowest BCUT2D eigenvalue weighted by Crippen LogP contribution is -3.08. The van der Waals surface area contributed by atoms with E-state index in [2.05, 4.69) is 0 Å². The molecule has 1 aliphatic carbocycles. The molecule has 2 atom stereocenters. The molecule has 0 bridgehead atoms. The zero-order valence-electron chi connectivity index (χ0n) is 11.1. The van der Waals surface area contributed by atoms with Crippen LogP contribution in [-0.2, 0) is 0 Å². The normalized spacial score (nSPS) is 23.4. The molecule has 0 saturated carbocycles. The maximum absolute atomic E-state index is 11.1. The van der Waals surface area contributed by atoms with E-state index in [1.165, 1.54) is 12.2 Å². The maximum Gasteiger partial charge on any atom is 0.228 e. The van der Waals surface area contributed by atoms with E-state index in [1.807, 2.05) is 13.8 Å². The third-order valence-electron chi connectivity index (χ3n) is 3.67. The number of hydroxylamine groups is 4. The molecular weight excluding hydrogens is 250 g/mol. The number of allylic oxidation sites excluding steroid dienone is 2. The van der Waals surface area contributed by atoms with Gasteiger partial charge in [0.25, 0.3) is 0 Å². The molecule has 0 aromatic heterocycles. The Hall–Kier alpha value is -1.06. The van der Waals surface area contributed by atoms with Gasteiger partial charge in [-0.25, -0.2) is 10.4 Å². The summed E-state index contributed by atoms with van der Waals surface area (Å²) in [6.07, 6.45) is 7.44. The van der Waals surface area contributed by atoms with Gasteiger partial charge in [0.15, 0.2) is 0 Å². The molecule has 0 aliphatic heterocycles. The fourth-order valence-corrected chi connectivity index (χ4v) is 2.12. The van der Waals surface area contributed by atoms with E-state index >= 15 is 0 Å². The van der Waals surface area contributed by atoms with Gasteiger partial charge in [0.2, 0.25) is 11.4 Å². The zero-order chi connectivity index (χ0) is 14.6. The molecular formula is C12H21N3O4. The Labute approximate surface area is 112 Å². The van der Waals surface area contributed by atoms with Crippen LogP contribution in [0.2, 0.25) is 0 Å². The molecule has 0 radical (unpaired) electrons. The molecule has 19 heavy (non-hydrogen) atoms. The van der Waals surface area contributed by atoms with E-state index in [9.17, 15) is 10.4 Å². The predicted octanol–water partition coefficient (Wildman–Crippen LogP) is -0.998. The van der Waals surface area contributed by atoms with Gasteiger partial charge < -0.3 is 16.1 Å². The topological polar surface area (TPSA) is 121 Å². The molecule has 2 unspecified atom stereocenters. The van der Waals surface area contributed by atoms with Crippen molar-refractivity contribution in [3.05, 3.63) is 46.1 Å². The van der Waals surface area contributed by atoms with Crippen molar-refractivity contribution >= 4 is 0 Å². The van der Waals surface area contributed by atoms with Crippen LogP contribution < -0.4 is 16.2 Å². The van der Waals surface area contributed by atoms with Crippen molar-refractivity contribution in [1.29, 1.82) is 0 Å². The minimum atomic E-state index is -1.26. The number of hydrogen-bond acceptors (Lipinski definition) is 5. The van der Waals surface area contributed by atoms with Crippen LogP contribution in [0.4, 0.5) is 0 Å². The molecule has 0 heterocycles. The third kappa shape index (κ3) is 3.48. The summed E-state index contributed by atoms with van der Waals surface area (Å²) in [4.78, 5) is 0. The highest BCUT2D eigenvalue weighted by atomic mass is 16.8. The Morgan fingerprint density at radius 2 is 1.47 bits per heavy atom. The van der Waals surface area contributed by atoms with E-state index in [0.717, 1.165) is 0 Å². The molecule has 108 valence electrons. The van der Waals surface area contributed by atoms with Crippen LogP contribution in [0.15, 0.2) is 35.7 Å². The number of hydrogen-bond donors (Lipinski definition) is 5. The Kier molecular flexibility index (Phi) is 5.39. The lowest BCUT2D eigenvalue weighted by atomic mass is 9.80. The van der Waals surface area contributed by atoms with Crippen LogP contribution in [0, 0.1) is 16.3 Å². The Morgan fingerprint density at radius 3 is 1.74 bits per heavy atom. The number of nitrogens with one attached hydrogen (secondary N) is 2. The van der Waals surface area contributed by atoms with Crippen LogP contribution in [0.3, 0.4) is 0 Å². The second kappa shape index (κ2) is 6.40. The van der Waals surface area contributed by atoms with Gasteiger partial charge in [-0.2, -0.15) is 10.5 Å². The second-order valence-corrected chi connectivity index (χ2v) is 4.62. The number of quaternary nitrogens is 2. The largest absolute Gasteiger partial charge is 0.595 e. The molecule has 0 aromatic rings. The fraction of sp³-hybridized carbons (Fsp3) is 0.500. The first-order chi connectivity index (χ1) is 8.85.